The maximum absolute atomic E-state index is 5.61. The zero-order chi connectivity index (χ0) is 65.3. The Labute approximate surface area is 572 Å². The molecule has 6 heteroatoms. The van der Waals surface area contributed by atoms with Crippen LogP contribution in [0.5, 0.6) is 0 Å². The van der Waals surface area contributed by atoms with Crippen LogP contribution in [0, 0.1) is 0 Å². The quantitative estimate of drug-likeness (QED) is 0.149. The molecule has 0 aliphatic carbocycles. The monoisotopic (exact) mass is 1270 g/mol. The van der Waals surface area contributed by atoms with E-state index in [2.05, 4.69) is 358 Å². The van der Waals surface area contributed by atoms with Gasteiger partial charge in [-0.1, -0.05) is 231 Å². The minimum atomic E-state index is 0.865. The summed E-state index contributed by atoms with van der Waals surface area (Å²) < 4.78 is 9.54. The molecule has 6 heterocycles. The largest absolute Gasteiger partial charge is 0.309 e. The summed E-state index contributed by atoms with van der Waals surface area (Å²) in [5.41, 5.74) is 17.6. The number of hydrogen-bond acceptors (Lipinski definition) is 2. The van der Waals surface area contributed by atoms with E-state index < -0.39 is 0 Å². The van der Waals surface area contributed by atoms with Crippen LogP contribution in [0.2, 0.25) is 0 Å². The average Bonchev–Trinajstić information content (AvgIpc) is 1.04. The van der Waals surface area contributed by atoms with Crippen molar-refractivity contribution in [1.82, 2.24) is 28.2 Å². The molecule has 0 saturated carbocycles. The molecule has 0 atom stereocenters. The summed E-state index contributed by atoms with van der Waals surface area (Å²) in [4.78, 5) is 11.0. The number of hydrogen-bond donors (Lipinski definition) is 0. The highest BCUT2D eigenvalue weighted by molar-refractivity contribution is 6.28. The van der Waals surface area contributed by atoms with Crippen molar-refractivity contribution in [2.45, 2.75) is 0 Å². The number of pyridine rings is 2. The van der Waals surface area contributed by atoms with Gasteiger partial charge in [0, 0.05) is 65.6 Å². The number of aromatic nitrogens is 6. The highest BCUT2D eigenvalue weighted by Gasteiger charge is 2.22. The lowest BCUT2D eigenvalue weighted by atomic mass is 9.91. The number of benzene rings is 16. The molecular formula is C94H56N6. The predicted octanol–water partition coefficient (Wildman–Crippen LogP) is 24.8. The van der Waals surface area contributed by atoms with Gasteiger partial charge in [-0.05, 0) is 185 Å². The maximum Gasteiger partial charge on any atom is 0.138 e. The fourth-order valence-corrected chi connectivity index (χ4v) is 17.1. The molecule has 0 bridgehead atoms. The van der Waals surface area contributed by atoms with Gasteiger partial charge in [-0.2, -0.15) is 0 Å². The molecule has 0 aliphatic rings. The summed E-state index contributed by atoms with van der Waals surface area (Å²) in [6.07, 6.45) is 0. The lowest BCUT2D eigenvalue weighted by Crippen LogP contribution is -1.99. The van der Waals surface area contributed by atoms with Gasteiger partial charge in [-0.15, -0.1) is 0 Å². The van der Waals surface area contributed by atoms with Crippen molar-refractivity contribution in [2.75, 3.05) is 0 Å². The van der Waals surface area contributed by atoms with E-state index >= 15 is 0 Å². The summed E-state index contributed by atoms with van der Waals surface area (Å²) in [7, 11) is 0. The van der Waals surface area contributed by atoms with Crippen LogP contribution in [0.4, 0.5) is 0 Å². The number of rotatable bonds is 7. The summed E-state index contributed by atoms with van der Waals surface area (Å²) >= 11 is 0. The third-order valence-corrected chi connectivity index (χ3v) is 21.5. The van der Waals surface area contributed by atoms with E-state index in [-0.39, 0.29) is 0 Å². The topological polar surface area (TPSA) is 45.5 Å². The van der Waals surface area contributed by atoms with Crippen LogP contribution in [0.3, 0.4) is 0 Å². The Balaban J connectivity index is 0.650. The smallest absolute Gasteiger partial charge is 0.138 e. The number of nitrogens with zero attached hydrogens (tertiary/aromatic N) is 6. The Morgan fingerprint density at radius 2 is 0.420 bits per heavy atom. The number of para-hydroxylation sites is 5. The Bertz CT molecular complexity index is 7210. The molecule has 16 aromatic carbocycles. The molecule has 22 rings (SSSR count). The average molecular weight is 1270 g/mol. The predicted molar refractivity (Wildman–Crippen MR) is 421 cm³/mol. The highest BCUT2D eigenvalue weighted by atomic mass is 15.1. The molecule has 0 unspecified atom stereocenters. The zero-order valence-electron chi connectivity index (χ0n) is 54.0. The summed E-state index contributed by atoms with van der Waals surface area (Å²) in [5.74, 6) is 1.76. The first kappa shape index (κ1) is 54.8. The van der Waals surface area contributed by atoms with E-state index in [0.717, 1.165) is 95.3 Å². The van der Waals surface area contributed by atoms with E-state index in [0.29, 0.717) is 0 Å². The third-order valence-electron chi connectivity index (χ3n) is 21.5. The van der Waals surface area contributed by atoms with Gasteiger partial charge >= 0.3 is 0 Å². The standard InChI is InChI=1S/C94H56N6/c1-2-21-65-63(19-1)64-20-3-6-24-68(64)80-56-62(44-49-69(65)80)98-85-32-12-7-27-74(85)77-47-41-60(54-91(77)98)84-31-18-38-94(96-84)100-89-36-16-10-28-75(89)78-46-40-58(53-92(78)100)57-39-45-71-79(51-57)67-23-5-4-22-66(67)70-48-43-61(55-81(70)71)97-86-33-13-11-29-76(86)82-52-59(42-50-90(82)97)83-30-17-37-93(95-83)99-87-34-14-8-25-72(87)73-26-9-15-35-88(73)99/h1-56H. The van der Waals surface area contributed by atoms with E-state index in [1.807, 2.05) is 0 Å². The van der Waals surface area contributed by atoms with Crippen LogP contribution in [0.1, 0.15) is 0 Å². The second kappa shape index (κ2) is 21.0. The van der Waals surface area contributed by atoms with Gasteiger partial charge in [0.05, 0.1) is 55.5 Å². The van der Waals surface area contributed by atoms with E-state index in [9.17, 15) is 0 Å². The summed E-state index contributed by atoms with van der Waals surface area (Å²) in [5, 5.41) is 24.5. The Morgan fingerprint density at radius 3 is 0.900 bits per heavy atom. The van der Waals surface area contributed by atoms with Gasteiger partial charge in [-0.3, -0.25) is 9.13 Å². The normalized spacial score (nSPS) is 12.2. The molecule has 100 heavy (non-hydrogen) atoms. The lowest BCUT2D eigenvalue weighted by Gasteiger charge is -2.15. The van der Waals surface area contributed by atoms with Gasteiger partial charge < -0.3 is 9.13 Å². The minimum absolute atomic E-state index is 0.865. The van der Waals surface area contributed by atoms with Crippen LogP contribution >= 0.6 is 0 Å². The van der Waals surface area contributed by atoms with Gasteiger partial charge in [0.2, 0.25) is 0 Å². The van der Waals surface area contributed by atoms with Crippen molar-refractivity contribution < 1.29 is 0 Å². The lowest BCUT2D eigenvalue weighted by molar-refractivity contribution is 1.08. The molecule has 6 aromatic heterocycles. The van der Waals surface area contributed by atoms with Gasteiger partial charge in [-0.25, -0.2) is 9.97 Å². The van der Waals surface area contributed by atoms with Crippen molar-refractivity contribution >= 4 is 152 Å². The van der Waals surface area contributed by atoms with Crippen molar-refractivity contribution in [1.29, 1.82) is 0 Å². The first-order valence-corrected chi connectivity index (χ1v) is 34.4. The molecule has 0 radical (unpaired) electrons. The second-order valence-corrected chi connectivity index (χ2v) is 26.7. The van der Waals surface area contributed by atoms with E-state index in [1.165, 1.54) is 113 Å². The van der Waals surface area contributed by atoms with Crippen molar-refractivity contribution in [3.63, 3.8) is 0 Å². The van der Waals surface area contributed by atoms with Crippen LogP contribution in [0.15, 0.2) is 340 Å². The molecule has 0 fully saturated rings. The summed E-state index contributed by atoms with van der Waals surface area (Å²) in [6.45, 7) is 0. The minimum Gasteiger partial charge on any atom is -0.309 e. The van der Waals surface area contributed by atoms with Crippen LogP contribution in [0.25, 0.3) is 209 Å². The second-order valence-electron chi connectivity index (χ2n) is 26.7. The highest BCUT2D eigenvalue weighted by Crippen LogP contribution is 2.45. The van der Waals surface area contributed by atoms with E-state index in [4.69, 9.17) is 9.97 Å². The van der Waals surface area contributed by atoms with Gasteiger partial charge in [0.25, 0.3) is 0 Å². The van der Waals surface area contributed by atoms with Crippen LogP contribution in [-0.2, 0) is 0 Å². The Morgan fingerprint density at radius 1 is 0.150 bits per heavy atom. The molecule has 0 N–H and O–H groups in total. The maximum atomic E-state index is 5.61. The molecule has 0 spiro atoms. The van der Waals surface area contributed by atoms with Crippen LogP contribution in [-0.4, -0.2) is 28.2 Å². The van der Waals surface area contributed by atoms with Crippen molar-refractivity contribution in [3.05, 3.63) is 340 Å². The summed E-state index contributed by atoms with van der Waals surface area (Å²) in [6, 6.07) is 125. The first-order valence-electron chi connectivity index (χ1n) is 34.4. The molecule has 22 aromatic rings. The number of fused-ring (bicyclic) bond motifs is 24. The molecule has 0 saturated heterocycles. The van der Waals surface area contributed by atoms with Crippen LogP contribution < -0.4 is 0 Å². The Hall–Kier alpha value is -13.4. The first-order chi connectivity index (χ1) is 49.6. The van der Waals surface area contributed by atoms with Gasteiger partial charge in [0.15, 0.2) is 0 Å². The molecule has 0 aliphatic heterocycles. The van der Waals surface area contributed by atoms with Crippen molar-refractivity contribution in [3.8, 4) is 56.7 Å². The molecular weight excluding hydrogens is 1210 g/mol. The fourth-order valence-electron chi connectivity index (χ4n) is 17.1. The fraction of sp³-hybridized carbons (Fsp3) is 0. The molecule has 6 nitrogen and oxygen atoms in total. The van der Waals surface area contributed by atoms with E-state index in [1.54, 1.807) is 0 Å². The molecule has 0 amide bonds. The molecule has 462 valence electrons. The zero-order valence-corrected chi connectivity index (χ0v) is 54.0. The van der Waals surface area contributed by atoms with Crippen molar-refractivity contribution in [2.24, 2.45) is 0 Å². The third kappa shape index (κ3) is 7.95. The van der Waals surface area contributed by atoms with Gasteiger partial charge in [0.1, 0.15) is 11.6 Å². The SMILES string of the molecule is c1cc(-c2ccc3c(c2)c2ccccc2n3-c2ccc3c4ccccc4c4cc(-c5ccc6c7ccccc7n(-c7cccc(-c8ccc9c%10ccccc%10n(-c%10ccc%11c%12ccccc%12c%12ccccc%12c%11c%10)c9c8)n7)c6c5)ccc4c3c2)nc(-n2c3ccccc3c3ccccc32)c1. The Kier molecular flexibility index (Phi) is 11.5.